The van der Waals surface area contributed by atoms with E-state index in [-0.39, 0.29) is 40.8 Å². The SMILES string of the molecule is CC1=CC(=O)C2=C(C1=O)[C@@H](c1cc(OC(F)(F)F)ccc1O)C1=CC[C@@H]3C(=O)N(c4cc([N+](=O)[O-])c(N(C)C)c([N+](=O)[O-])c4)C(=O)[C@@H]3[C@@H]1C2. The highest BCUT2D eigenvalue weighted by atomic mass is 19.4. The van der Waals surface area contributed by atoms with Gasteiger partial charge in [0.2, 0.25) is 11.8 Å². The predicted octanol–water partition coefficient (Wildman–Crippen LogP) is 4.81. The minimum absolute atomic E-state index is 0.0475. The van der Waals surface area contributed by atoms with E-state index in [4.69, 9.17) is 0 Å². The lowest BCUT2D eigenvalue weighted by atomic mass is 9.59. The number of fused-ring (bicyclic) bond motifs is 3. The maximum Gasteiger partial charge on any atom is 0.573 e. The van der Waals surface area contributed by atoms with Crippen LogP contribution in [0.25, 0.3) is 0 Å². The Bertz CT molecular complexity index is 1980. The molecule has 0 aromatic heterocycles. The van der Waals surface area contributed by atoms with Crippen molar-refractivity contribution in [2.45, 2.75) is 32.0 Å². The van der Waals surface area contributed by atoms with Crippen LogP contribution in [0.15, 0.2) is 64.8 Å². The molecular weight excluding hydrogens is 657 g/mol. The number of phenols is 1. The molecule has 14 nitrogen and oxygen atoms in total. The highest BCUT2D eigenvalue weighted by Gasteiger charge is 2.57. The van der Waals surface area contributed by atoms with Crippen LogP contribution in [-0.2, 0) is 19.2 Å². The molecule has 2 amide bonds. The minimum Gasteiger partial charge on any atom is -0.508 e. The van der Waals surface area contributed by atoms with Gasteiger partial charge in [-0.1, -0.05) is 11.6 Å². The zero-order valence-electron chi connectivity index (χ0n) is 25.8. The average molecular weight is 683 g/mol. The molecule has 0 spiro atoms. The topological polar surface area (TPSA) is 190 Å². The summed E-state index contributed by atoms with van der Waals surface area (Å²) in [5.74, 6) is -8.77. The smallest absolute Gasteiger partial charge is 0.508 e. The highest BCUT2D eigenvalue weighted by Crippen LogP contribution is 2.57. The van der Waals surface area contributed by atoms with E-state index in [1.807, 2.05) is 0 Å². The predicted molar refractivity (Wildman–Crippen MR) is 163 cm³/mol. The lowest BCUT2D eigenvalue weighted by Gasteiger charge is -2.42. The van der Waals surface area contributed by atoms with Crippen molar-refractivity contribution in [2.75, 3.05) is 23.9 Å². The van der Waals surface area contributed by atoms with Gasteiger partial charge >= 0.3 is 17.7 Å². The Morgan fingerprint density at radius 1 is 0.980 bits per heavy atom. The second-order valence-electron chi connectivity index (χ2n) is 12.3. The number of aromatic hydroxyl groups is 1. The zero-order chi connectivity index (χ0) is 35.9. The highest BCUT2D eigenvalue weighted by molar-refractivity contribution is 6.25. The van der Waals surface area contributed by atoms with Crippen LogP contribution >= 0.6 is 0 Å². The molecule has 0 radical (unpaired) electrons. The molecule has 17 heteroatoms. The molecule has 1 aliphatic heterocycles. The van der Waals surface area contributed by atoms with E-state index < -0.39 is 91.8 Å². The van der Waals surface area contributed by atoms with Crippen LogP contribution in [0.1, 0.15) is 31.2 Å². The van der Waals surface area contributed by atoms with Gasteiger partial charge in [-0.3, -0.25) is 39.4 Å². The number of ether oxygens (including phenoxy) is 1. The number of alkyl halides is 3. The molecular formula is C32H25F3N4O10. The first kappa shape index (κ1) is 33.0. The van der Waals surface area contributed by atoms with Gasteiger partial charge in [-0.2, -0.15) is 0 Å². The normalized spacial score (nSPS) is 23.4. The Balaban J connectivity index is 1.50. The second kappa shape index (κ2) is 11.4. The molecule has 2 aromatic rings. The van der Waals surface area contributed by atoms with Crippen molar-refractivity contribution in [1.82, 2.24) is 0 Å². The number of amides is 2. The van der Waals surface area contributed by atoms with Crippen LogP contribution < -0.4 is 14.5 Å². The summed E-state index contributed by atoms with van der Waals surface area (Å²) in [5, 5.41) is 34.9. The van der Waals surface area contributed by atoms with E-state index in [0.717, 1.165) is 41.3 Å². The number of benzene rings is 2. The summed E-state index contributed by atoms with van der Waals surface area (Å²) in [6, 6.07) is 4.46. The summed E-state index contributed by atoms with van der Waals surface area (Å²) in [6.07, 6.45) is -2.82. The van der Waals surface area contributed by atoms with E-state index in [1.165, 1.54) is 27.1 Å². The van der Waals surface area contributed by atoms with Crippen molar-refractivity contribution in [3.8, 4) is 11.5 Å². The van der Waals surface area contributed by atoms with Crippen molar-refractivity contribution in [2.24, 2.45) is 17.8 Å². The van der Waals surface area contributed by atoms with Gasteiger partial charge in [-0.15, -0.1) is 13.2 Å². The fraction of sp³-hybridized carbons (Fsp3) is 0.312. The van der Waals surface area contributed by atoms with Gasteiger partial charge in [0.05, 0.1) is 27.4 Å². The van der Waals surface area contributed by atoms with Crippen molar-refractivity contribution in [3.63, 3.8) is 0 Å². The van der Waals surface area contributed by atoms with Gasteiger partial charge in [-0.25, -0.2) is 4.90 Å². The molecule has 254 valence electrons. The molecule has 3 aliphatic carbocycles. The van der Waals surface area contributed by atoms with Crippen LogP contribution in [0.5, 0.6) is 11.5 Å². The quantitative estimate of drug-likeness (QED) is 0.145. The number of anilines is 2. The molecule has 6 rings (SSSR count). The molecule has 4 atom stereocenters. The third-order valence-corrected chi connectivity index (χ3v) is 9.26. The summed E-state index contributed by atoms with van der Waals surface area (Å²) >= 11 is 0. The first-order chi connectivity index (χ1) is 22.9. The second-order valence-corrected chi connectivity index (χ2v) is 12.3. The van der Waals surface area contributed by atoms with Gasteiger partial charge in [0.1, 0.15) is 11.5 Å². The number of phenolic OH excluding ortho intramolecular Hbond substituents is 1. The fourth-order valence-electron chi connectivity index (χ4n) is 7.39. The first-order valence-corrected chi connectivity index (χ1v) is 14.7. The standard InChI is InChI=1S/C32H25F3N4O10/c1-13-8-24(41)20-12-18-16(25(27(20)29(13)42)19-11-15(4-7-23(19)40)49-32(33,34)35)5-6-17-26(18)31(44)37(30(17)43)14-9-21(38(45)46)28(36(2)3)22(10-14)39(47)48/h4-5,7-11,17-18,25-26,40H,6,12H2,1-3H3/t17-,18+,25+,26-/m0/s1. The summed E-state index contributed by atoms with van der Waals surface area (Å²) in [4.78, 5) is 79.0. The number of carbonyl (C=O) groups is 4. The first-order valence-electron chi connectivity index (χ1n) is 14.7. The van der Waals surface area contributed by atoms with Gasteiger partial charge in [0, 0.05) is 54.4 Å². The number of nitrogens with zero attached hydrogens (tertiary/aromatic N) is 4. The van der Waals surface area contributed by atoms with Crippen molar-refractivity contribution in [3.05, 3.63) is 90.6 Å². The molecule has 1 fully saturated rings. The number of hydrogen-bond acceptors (Lipinski definition) is 11. The summed E-state index contributed by atoms with van der Waals surface area (Å²) in [5.41, 5.74) is -2.27. The van der Waals surface area contributed by atoms with Crippen molar-refractivity contribution >= 4 is 46.1 Å². The molecule has 4 aliphatic rings. The number of nitro benzene ring substituents is 2. The Labute approximate surface area is 274 Å². The Hall–Kier alpha value is -5.87. The molecule has 1 heterocycles. The number of rotatable bonds is 6. The van der Waals surface area contributed by atoms with E-state index in [2.05, 4.69) is 4.74 Å². The zero-order valence-corrected chi connectivity index (χ0v) is 25.8. The summed E-state index contributed by atoms with van der Waals surface area (Å²) in [7, 11) is 2.70. The number of nitro groups is 2. The van der Waals surface area contributed by atoms with E-state index in [1.54, 1.807) is 0 Å². The monoisotopic (exact) mass is 682 g/mol. The van der Waals surface area contributed by atoms with E-state index in [0.29, 0.717) is 10.5 Å². The number of Topliss-reactive ketones (excluding diaryl/α,β-unsaturated/α-hetero) is 1. The van der Waals surface area contributed by atoms with Crippen LogP contribution in [0.3, 0.4) is 0 Å². The lowest BCUT2D eigenvalue weighted by Crippen LogP contribution is -2.39. The van der Waals surface area contributed by atoms with Crippen LogP contribution in [-0.4, -0.2) is 58.8 Å². The number of allylic oxidation sites excluding steroid dienone is 6. The average Bonchev–Trinajstić information content (AvgIpc) is 3.27. The molecule has 0 bridgehead atoms. The van der Waals surface area contributed by atoms with Gasteiger partial charge in [0.25, 0.3) is 0 Å². The van der Waals surface area contributed by atoms with E-state index >= 15 is 0 Å². The molecule has 1 saturated heterocycles. The van der Waals surface area contributed by atoms with Crippen LogP contribution in [0.2, 0.25) is 0 Å². The summed E-state index contributed by atoms with van der Waals surface area (Å²) in [6.45, 7) is 1.39. The Kier molecular flexibility index (Phi) is 7.68. The maximum absolute atomic E-state index is 14.2. The molecule has 0 unspecified atom stereocenters. The van der Waals surface area contributed by atoms with Crippen molar-refractivity contribution in [1.29, 1.82) is 0 Å². The Morgan fingerprint density at radius 2 is 1.61 bits per heavy atom. The van der Waals surface area contributed by atoms with Crippen molar-refractivity contribution < 1.29 is 52.0 Å². The molecule has 49 heavy (non-hydrogen) atoms. The molecule has 0 saturated carbocycles. The maximum atomic E-state index is 14.2. The third kappa shape index (κ3) is 5.30. The third-order valence-electron chi connectivity index (χ3n) is 9.26. The number of imide groups is 1. The fourth-order valence-corrected chi connectivity index (χ4v) is 7.39. The largest absolute Gasteiger partial charge is 0.573 e. The van der Waals surface area contributed by atoms with Gasteiger partial charge in [0.15, 0.2) is 17.3 Å². The van der Waals surface area contributed by atoms with Crippen LogP contribution in [0, 0.1) is 38.0 Å². The lowest BCUT2D eigenvalue weighted by molar-refractivity contribution is -0.392. The van der Waals surface area contributed by atoms with Gasteiger partial charge in [-0.05, 0) is 50.0 Å². The van der Waals surface area contributed by atoms with E-state index in [9.17, 15) is 57.7 Å². The van der Waals surface area contributed by atoms with Gasteiger partial charge < -0.3 is 14.7 Å². The summed E-state index contributed by atoms with van der Waals surface area (Å²) < 4.78 is 43.5. The molecule has 2 aromatic carbocycles. The minimum atomic E-state index is -5.10. The number of hydrogen-bond donors (Lipinski definition) is 1. The number of halogens is 3. The molecule has 1 N–H and O–H groups in total. The van der Waals surface area contributed by atoms with Crippen LogP contribution in [0.4, 0.5) is 35.9 Å². The Morgan fingerprint density at radius 3 is 2.18 bits per heavy atom. The number of ketones is 2. The number of carbonyl (C=O) groups excluding carboxylic acids is 4.